The second kappa shape index (κ2) is 9.05. The van der Waals surface area contributed by atoms with Crippen molar-refractivity contribution < 1.29 is 9.53 Å². The summed E-state index contributed by atoms with van der Waals surface area (Å²) in [5.41, 5.74) is 4.58. The smallest absolute Gasteiger partial charge is 0.246 e. The second-order valence-corrected chi connectivity index (χ2v) is 8.62. The van der Waals surface area contributed by atoms with Crippen molar-refractivity contribution in [2.24, 2.45) is 0 Å². The SMILES string of the molecule is Cc1cc(OC(C)C)ncc1Cn1cc(CNc2nc(C)c3c(n2)N(C)[C@@H](C)C(=O)N3)cn1. The molecule has 10 nitrogen and oxygen atoms in total. The zero-order valence-corrected chi connectivity index (χ0v) is 19.9. The van der Waals surface area contributed by atoms with E-state index in [2.05, 4.69) is 30.7 Å². The molecule has 0 spiro atoms. The Labute approximate surface area is 193 Å². The third-order valence-electron chi connectivity index (χ3n) is 5.63. The van der Waals surface area contributed by atoms with Gasteiger partial charge in [0.1, 0.15) is 11.7 Å². The number of carbonyl (C=O) groups excluding carboxylic acids is 1. The number of pyridine rings is 1. The van der Waals surface area contributed by atoms with Crippen LogP contribution in [0, 0.1) is 13.8 Å². The van der Waals surface area contributed by atoms with Gasteiger partial charge in [-0.25, -0.2) is 9.97 Å². The predicted octanol–water partition coefficient (Wildman–Crippen LogP) is 2.91. The molecule has 174 valence electrons. The van der Waals surface area contributed by atoms with Gasteiger partial charge < -0.3 is 20.3 Å². The Kier molecular flexibility index (Phi) is 6.17. The van der Waals surface area contributed by atoms with E-state index in [1.807, 2.05) is 75.9 Å². The van der Waals surface area contributed by atoms with Crippen LogP contribution in [-0.2, 0) is 17.9 Å². The summed E-state index contributed by atoms with van der Waals surface area (Å²) in [5.74, 6) is 1.80. The number of nitrogens with zero attached hydrogens (tertiary/aromatic N) is 6. The maximum Gasteiger partial charge on any atom is 0.246 e. The highest BCUT2D eigenvalue weighted by atomic mass is 16.5. The average Bonchev–Trinajstić information content (AvgIpc) is 3.20. The van der Waals surface area contributed by atoms with Crippen molar-refractivity contribution in [3.05, 3.63) is 47.0 Å². The Balaban J connectivity index is 1.42. The fourth-order valence-electron chi connectivity index (χ4n) is 3.60. The first-order valence-corrected chi connectivity index (χ1v) is 11.0. The molecule has 0 saturated heterocycles. The van der Waals surface area contributed by atoms with Gasteiger partial charge in [0.05, 0.1) is 24.5 Å². The third kappa shape index (κ3) is 4.89. The minimum absolute atomic E-state index is 0.0580. The van der Waals surface area contributed by atoms with Crippen LogP contribution in [0.25, 0.3) is 0 Å². The molecule has 10 heteroatoms. The summed E-state index contributed by atoms with van der Waals surface area (Å²) in [6.45, 7) is 10.9. The van der Waals surface area contributed by atoms with Gasteiger partial charge in [0, 0.05) is 37.6 Å². The Morgan fingerprint density at radius 2 is 2.03 bits per heavy atom. The lowest BCUT2D eigenvalue weighted by atomic mass is 10.1. The summed E-state index contributed by atoms with van der Waals surface area (Å²) >= 11 is 0. The van der Waals surface area contributed by atoms with Crippen LogP contribution in [-0.4, -0.2) is 49.8 Å². The number of fused-ring (bicyclic) bond motifs is 1. The fourth-order valence-corrected chi connectivity index (χ4v) is 3.60. The molecule has 3 aromatic rings. The molecule has 1 amide bonds. The summed E-state index contributed by atoms with van der Waals surface area (Å²) in [5, 5.41) is 10.6. The topological polar surface area (TPSA) is 110 Å². The summed E-state index contributed by atoms with van der Waals surface area (Å²) in [7, 11) is 1.86. The van der Waals surface area contributed by atoms with Crippen molar-refractivity contribution in [2.75, 3.05) is 22.6 Å². The summed E-state index contributed by atoms with van der Waals surface area (Å²) in [4.78, 5) is 27.5. The monoisotopic (exact) mass is 450 g/mol. The van der Waals surface area contributed by atoms with Gasteiger partial charge >= 0.3 is 0 Å². The van der Waals surface area contributed by atoms with Crippen LogP contribution < -0.4 is 20.3 Å². The Morgan fingerprint density at radius 3 is 2.76 bits per heavy atom. The number of hydrogen-bond donors (Lipinski definition) is 2. The number of ether oxygens (including phenoxy) is 1. The number of aryl methyl sites for hydroxylation is 2. The van der Waals surface area contributed by atoms with E-state index < -0.39 is 0 Å². The summed E-state index contributed by atoms with van der Waals surface area (Å²) in [6, 6.07) is 1.67. The van der Waals surface area contributed by atoms with E-state index in [1.54, 1.807) is 0 Å². The van der Waals surface area contributed by atoms with Gasteiger partial charge in [0.15, 0.2) is 5.82 Å². The highest BCUT2D eigenvalue weighted by Crippen LogP contribution is 2.32. The Hall–Kier alpha value is -3.69. The molecule has 33 heavy (non-hydrogen) atoms. The molecule has 1 aliphatic heterocycles. The van der Waals surface area contributed by atoms with Gasteiger partial charge in [-0.1, -0.05) is 0 Å². The molecule has 0 radical (unpaired) electrons. The number of nitrogens with one attached hydrogen (secondary N) is 2. The zero-order chi connectivity index (χ0) is 23.7. The van der Waals surface area contributed by atoms with E-state index in [0.717, 1.165) is 22.4 Å². The molecular formula is C23H30N8O2. The van der Waals surface area contributed by atoms with E-state index >= 15 is 0 Å². The molecule has 3 aromatic heterocycles. The summed E-state index contributed by atoms with van der Waals surface area (Å²) in [6.07, 6.45) is 5.75. The predicted molar refractivity (Wildman–Crippen MR) is 127 cm³/mol. The third-order valence-corrected chi connectivity index (χ3v) is 5.63. The van der Waals surface area contributed by atoms with Gasteiger partial charge in [-0.15, -0.1) is 0 Å². The fraction of sp³-hybridized carbons (Fsp3) is 0.435. The van der Waals surface area contributed by atoms with Crippen molar-refractivity contribution >= 4 is 23.4 Å². The van der Waals surface area contributed by atoms with Crippen LogP contribution in [0.15, 0.2) is 24.7 Å². The first-order valence-electron chi connectivity index (χ1n) is 11.0. The van der Waals surface area contributed by atoms with E-state index in [-0.39, 0.29) is 18.1 Å². The zero-order valence-electron chi connectivity index (χ0n) is 19.9. The number of amides is 1. The molecule has 1 atom stereocenters. The molecule has 4 heterocycles. The van der Waals surface area contributed by atoms with E-state index in [4.69, 9.17) is 4.74 Å². The largest absolute Gasteiger partial charge is 0.475 e. The standard InChI is InChI=1S/C23H30N8O2/c1-13(2)33-19-7-14(3)18(10-24-19)12-31-11-17(9-26-31)8-25-23-27-15(4)20-21(29-23)30(6)16(5)22(32)28-20/h7,9-11,13,16H,8,12H2,1-6H3,(H,28,32)(H,25,27,29)/t16-/m0/s1. The van der Waals surface area contributed by atoms with Crippen molar-refractivity contribution in [2.45, 2.75) is 59.9 Å². The molecule has 2 N–H and O–H groups in total. The minimum atomic E-state index is -0.290. The Bertz CT molecular complexity index is 1170. The molecule has 0 bridgehead atoms. The first-order chi connectivity index (χ1) is 15.7. The van der Waals surface area contributed by atoms with Crippen LogP contribution >= 0.6 is 0 Å². The van der Waals surface area contributed by atoms with Gasteiger partial charge in [0.25, 0.3) is 0 Å². The van der Waals surface area contributed by atoms with Gasteiger partial charge in [0.2, 0.25) is 17.7 Å². The number of rotatable bonds is 7. The van der Waals surface area contributed by atoms with Crippen molar-refractivity contribution in [1.82, 2.24) is 24.7 Å². The quantitative estimate of drug-likeness (QED) is 0.565. The molecule has 0 aromatic carbocycles. The lowest BCUT2D eigenvalue weighted by Gasteiger charge is -2.32. The highest BCUT2D eigenvalue weighted by Gasteiger charge is 2.30. The van der Waals surface area contributed by atoms with Crippen LogP contribution in [0.5, 0.6) is 5.88 Å². The van der Waals surface area contributed by atoms with Crippen LogP contribution in [0.1, 0.15) is 43.2 Å². The molecule has 1 aliphatic rings. The Morgan fingerprint density at radius 1 is 1.24 bits per heavy atom. The van der Waals surface area contributed by atoms with Crippen LogP contribution in [0.3, 0.4) is 0 Å². The van der Waals surface area contributed by atoms with Crippen molar-refractivity contribution in [3.63, 3.8) is 0 Å². The number of anilines is 3. The number of likely N-dealkylation sites (N-methyl/N-ethyl adjacent to an activating group) is 1. The molecule has 0 fully saturated rings. The maximum absolute atomic E-state index is 12.1. The van der Waals surface area contributed by atoms with Gasteiger partial charge in [-0.2, -0.15) is 10.1 Å². The number of hydrogen-bond acceptors (Lipinski definition) is 8. The number of carbonyl (C=O) groups is 1. The van der Waals surface area contributed by atoms with E-state index in [9.17, 15) is 4.79 Å². The lowest BCUT2D eigenvalue weighted by Crippen LogP contribution is -2.44. The van der Waals surface area contributed by atoms with Crippen LogP contribution in [0.4, 0.5) is 17.5 Å². The van der Waals surface area contributed by atoms with Crippen molar-refractivity contribution in [3.8, 4) is 5.88 Å². The normalized spacial score (nSPS) is 15.4. The lowest BCUT2D eigenvalue weighted by molar-refractivity contribution is -0.117. The molecule has 0 aliphatic carbocycles. The molecule has 0 unspecified atom stereocenters. The average molecular weight is 451 g/mol. The second-order valence-electron chi connectivity index (χ2n) is 8.62. The first kappa shape index (κ1) is 22.5. The molecular weight excluding hydrogens is 420 g/mol. The molecule has 4 rings (SSSR count). The van der Waals surface area contributed by atoms with Crippen LogP contribution in [0.2, 0.25) is 0 Å². The van der Waals surface area contributed by atoms with E-state index in [1.165, 1.54) is 0 Å². The van der Waals surface area contributed by atoms with Gasteiger partial charge in [-0.3, -0.25) is 9.48 Å². The molecule has 0 saturated carbocycles. The van der Waals surface area contributed by atoms with Gasteiger partial charge in [-0.05, 0) is 45.7 Å². The summed E-state index contributed by atoms with van der Waals surface area (Å²) < 4.78 is 7.54. The number of aromatic nitrogens is 5. The minimum Gasteiger partial charge on any atom is -0.475 e. The van der Waals surface area contributed by atoms with Crippen molar-refractivity contribution in [1.29, 1.82) is 0 Å². The highest BCUT2D eigenvalue weighted by molar-refractivity contribution is 6.03. The maximum atomic E-state index is 12.1. The van der Waals surface area contributed by atoms with E-state index in [0.29, 0.717) is 36.4 Å².